The average Bonchev–Trinajstić information content (AvgIpc) is 3.03. The summed E-state index contributed by atoms with van der Waals surface area (Å²) in [5.41, 5.74) is 0.919. The minimum absolute atomic E-state index is 0.0199. The van der Waals surface area contributed by atoms with Gasteiger partial charge in [-0.2, -0.15) is 5.10 Å². The number of carbonyl (C=O) groups is 2. The fourth-order valence-electron chi connectivity index (χ4n) is 3.36. The first-order chi connectivity index (χ1) is 12.8. The lowest BCUT2D eigenvalue weighted by atomic mass is 10.00. The van der Waals surface area contributed by atoms with Crippen LogP contribution >= 0.6 is 0 Å². The van der Waals surface area contributed by atoms with E-state index < -0.39 is 6.09 Å². The number of carboxylic acid groups (broad SMARTS) is 1. The van der Waals surface area contributed by atoms with E-state index in [1.54, 1.807) is 10.7 Å². The number of hydrogen-bond acceptors (Lipinski definition) is 5. The van der Waals surface area contributed by atoms with Gasteiger partial charge in [0.15, 0.2) is 5.65 Å². The van der Waals surface area contributed by atoms with Crippen molar-refractivity contribution >= 4 is 23.5 Å². The quantitative estimate of drug-likeness (QED) is 0.844. The van der Waals surface area contributed by atoms with Crippen molar-refractivity contribution < 1.29 is 14.7 Å². The van der Waals surface area contributed by atoms with Crippen molar-refractivity contribution in [1.29, 1.82) is 0 Å². The minimum atomic E-state index is -0.889. The van der Waals surface area contributed by atoms with E-state index in [-0.39, 0.29) is 23.9 Å². The van der Waals surface area contributed by atoms with E-state index in [4.69, 9.17) is 0 Å². The smallest absolute Gasteiger partial charge is 0.407 e. The van der Waals surface area contributed by atoms with E-state index in [9.17, 15) is 14.7 Å². The molecule has 0 bridgehead atoms. The Morgan fingerprint density at radius 2 is 2.00 bits per heavy atom. The second kappa shape index (κ2) is 7.42. The van der Waals surface area contributed by atoms with Crippen LogP contribution in [-0.2, 0) is 0 Å². The maximum Gasteiger partial charge on any atom is 0.407 e. The minimum Gasteiger partial charge on any atom is -0.465 e. The third-order valence-corrected chi connectivity index (χ3v) is 4.78. The molecule has 2 N–H and O–H groups in total. The van der Waals surface area contributed by atoms with Gasteiger partial charge in [0.2, 0.25) is 0 Å². The van der Waals surface area contributed by atoms with E-state index in [2.05, 4.69) is 20.3 Å². The molecule has 2 aromatic heterocycles. The van der Waals surface area contributed by atoms with Crippen molar-refractivity contribution in [3.05, 3.63) is 24.0 Å². The van der Waals surface area contributed by atoms with Crippen LogP contribution in [-0.4, -0.2) is 68.3 Å². The fraction of sp³-hybridized carbons (Fsp3) is 0.556. The Hall–Kier alpha value is -2.84. The van der Waals surface area contributed by atoms with E-state index in [1.165, 1.54) is 11.1 Å². The summed E-state index contributed by atoms with van der Waals surface area (Å²) in [5, 5.41) is 16.5. The molecule has 27 heavy (non-hydrogen) atoms. The molecule has 0 spiro atoms. The van der Waals surface area contributed by atoms with Crippen LogP contribution in [0.4, 0.5) is 10.6 Å². The van der Waals surface area contributed by atoms with Gasteiger partial charge in [-0.1, -0.05) is 13.8 Å². The summed E-state index contributed by atoms with van der Waals surface area (Å²) in [6.07, 6.45) is 2.40. The zero-order chi connectivity index (χ0) is 19.7. The van der Waals surface area contributed by atoms with Crippen molar-refractivity contribution in [2.75, 3.05) is 24.5 Å². The second-order valence-electron chi connectivity index (χ2n) is 7.47. The predicted molar refractivity (Wildman–Crippen MR) is 101 cm³/mol. The number of nitrogens with one attached hydrogen (secondary N) is 1. The molecule has 2 amide bonds. The summed E-state index contributed by atoms with van der Waals surface area (Å²) in [6.45, 7) is 9.38. The Morgan fingerprint density at radius 3 is 2.63 bits per heavy atom. The number of anilines is 1. The molecule has 1 unspecified atom stereocenters. The first-order valence-electron chi connectivity index (χ1n) is 9.17. The monoisotopic (exact) mass is 374 g/mol. The number of nitrogens with zero attached hydrogens (tertiary/aromatic N) is 5. The predicted octanol–water partition coefficient (Wildman–Crippen LogP) is 1.69. The van der Waals surface area contributed by atoms with Gasteiger partial charge in [-0.3, -0.25) is 4.79 Å². The van der Waals surface area contributed by atoms with Crippen molar-refractivity contribution in [2.24, 2.45) is 5.92 Å². The number of piperazine rings is 1. The summed E-state index contributed by atoms with van der Waals surface area (Å²) < 4.78 is 1.58. The molecule has 2 aromatic rings. The summed E-state index contributed by atoms with van der Waals surface area (Å²) in [5.74, 6) is 0.702. The molecule has 9 nitrogen and oxygen atoms in total. The average molecular weight is 374 g/mol. The number of rotatable bonds is 4. The van der Waals surface area contributed by atoms with Gasteiger partial charge in [0.25, 0.3) is 5.91 Å². The molecular formula is C18H26N6O3. The van der Waals surface area contributed by atoms with Gasteiger partial charge < -0.3 is 20.2 Å². The fourth-order valence-corrected chi connectivity index (χ4v) is 3.36. The molecule has 3 heterocycles. The maximum absolute atomic E-state index is 12.4. The Balaban J connectivity index is 1.89. The van der Waals surface area contributed by atoms with Crippen molar-refractivity contribution in [3.63, 3.8) is 0 Å². The normalized spacial score (nSPS) is 17.8. The lowest BCUT2D eigenvalue weighted by molar-refractivity contribution is 0.0943. The summed E-state index contributed by atoms with van der Waals surface area (Å²) >= 11 is 0. The van der Waals surface area contributed by atoms with Crippen LogP contribution in [0.5, 0.6) is 0 Å². The first kappa shape index (κ1) is 18.9. The molecule has 0 saturated carbocycles. The Morgan fingerprint density at radius 1 is 1.26 bits per heavy atom. The summed E-state index contributed by atoms with van der Waals surface area (Å²) in [4.78, 5) is 32.1. The molecular weight excluding hydrogens is 348 g/mol. The zero-order valence-corrected chi connectivity index (χ0v) is 16.1. The van der Waals surface area contributed by atoms with E-state index in [1.807, 2.05) is 33.8 Å². The van der Waals surface area contributed by atoms with Crippen LogP contribution in [0.2, 0.25) is 0 Å². The molecule has 1 saturated heterocycles. The Labute approximate surface area is 158 Å². The highest BCUT2D eigenvalue weighted by molar-refractivity contribution is 5.99. The lowest BCUT2D eigenvalue weighted by Gasteiger charge is -2.42. The van der Waals surface area contributed by atoms with Gasteiger partial charge in [0.05, 0.1) is 12.2 Å². The molecule has 0 radical (unpaired) electrons. The first-order valence-corrected chi connectivity index (χ1v) is 9.17. The highest BCUT2D eigenvalue weighted by Crippen LogP contribution is 2.22. The Bertz CT molecular complexity index is 847. The SMILES string of the molecule is CC(C)NC(=O)c1cnn2ccc(N3CCN(C(=O)O)C(C(C)C)C3)nc12. The van der Waals surface area contributed by atoms with Gasteiger partial charge in [0, 0.05) is 31.9 Å². The molecule has 9 heteroatoms. The maximum atomic E-state index is 12.4. The zero-order valence-electron chi connectivity index (χ0n) is 16.1. The van der Waals surface area contributed by atoms with Crippen molar-refractivity contribution in [1.82, 2.24) is 24.8 Å². The molecule has 1 aliphatic heterocycles. The van der Waals surface area contributed by atoms with Crippen LogP contribution in [0.1, 0.15) is 38.1 Å². The molecule has 3 rings (SSSR count). The highest BCUT2D eigenvalue weighted by atomic mass is 16.4. The molecule has 1 fully saturated rings. The molecule has 146 valence electrons. The van der Waals surface area contributed by atoms with Gasteiger partial charge >= 0.3 is 6.09 Å². The van der Waals surface area contributed by atoms with Crippen LogP contribution in [0.3, 0.4) is 0 Å². The van der Waals surface area contributed by atoms with Crippen LogP contribution in [0, 0.1) is 5.92 Å². The van der Waals surface area contributed by atoms with Gasteiger partial charge in [-0.25, -0.2) is 14.3 Å². The van der Waals surface area contributed by atoms with Crippen LogP contribution in [0.25, 0.3) is 5.65 Å². The number of hydrogen-bond donors (Lipinski definition) is 2. The number of amides is 2. The van der Waals surface area contributed by atoms with E-state index >= 15 is 0 Å². The van der Waals surface area contributed by atoms with Gasteiger partial charge in [0.1, 0.15) is 11.4 Å². The second-order valence-corrected chi connectivity index (χ2v) is 7.47. The van der Waals surface area contributed by atoms with Crippen LogP contribution in [0.15, 0.2) is 18.5 Å². The number of carbonyl (C=O) groups excluding carboxylic acids is 1. The molecule has 0 aliphatic carbocycles. The van der Waals surface area contributed by atoms with Crippen molar-refractivity contribution in [2.45, 2.75) is 39.8 Å². The van der Waals surface area contributed by atoms with Gasteiger partial charge in [-0.05, 0) is 25.8 Å². The third-order valence-electron chi connectivity index (χ3n) is 4.78. The van der Waals surface area contributed by atoms with E-state index in [0.29, 0.717) is 30.8 Å². The van der Waals surface area contributed by atoms with Crippen molar-refractivity contribution in [3.8, 4) is 0 Å². The standard InChI is InChI=1S/C18H26N6O3/c1-11(2)14-10-22(7-8-23(14)18(26)27)15-5-6-24-16(21-15)13(9-19-24)17(25)20-12(3)4/h5-6,9,11-12,14H,7-8,10H2,1-4H3,(H,20,25)(H,26,27). The largest absolute Gasteiger partial charge is 0.465 e. The van der Waals surface area contributed by atoms with Crippen LogP contribution < -0.4 is 10.2 Å². The molecule has 1 aliphatic rings. The summed E-state index contributed by atoms with van der Waals surface area (Å²) in [7, 11) is 0. The number of fused-ring (bicyclic) bond motifs is 1. The third kappa shape index (κ3) is 3.81. The highest BCUT2D eigenvalue weighted by Gasteiger charge is 2.33. The van der Waals surface area contributed by atoms with E-state index in [0.717, 1.165) is 5.82 Å². The number of aromatic nitrogens is 3. The molecule has 0 aromatic carbocycles. The summed E-state index contributed by atoms with van der Waals surface area (Å²) in [6, 6.07) is 1.76. The lowest BCUT2D eigenvalue weighted by Crippen LogP contribution is -2.57. The van der Waals surface area contributed by atoms with Gasteiger partial charge in [-0.15, -0.1) is 0 Å². The topological polar surface area (TPSA) is 103 Å². The Kier molecular flexibility index (Phi) is 5.20. The molecule has 1 atom stereocenters.